The lowest BCUT2D eigenvalue weighted by molar-refractivity contribution is -0.137. The fourth-order valence-corrected chi connectivity index (χ4v) is 2.31. The lowest BCUT2D eigenvalue weighted by atomic mass is 10.1. The molecule has 0 aliphatic rings. The molecule has 1 heterocycles. The SMILES string of the molecule is C[C@H](O)c1ccc(-n2cc(C(F)(F)F)cn2)cc1Br. The Balaban J connectivity index is 2.38. The molecule has 1 aromatic carbocycles. The Bertz CT molecular complexity index is 593. The highest BCUT2D eigenvalue weighted by Gasteiger charge is 2.32. The summed E-state index contributed by atoms with van der Waals surface area (Å²) in [5, 5.41) is 13.2. The minimum Gasteiger partial charge on any atom is -0.389 e. The Morgan fingerprint density at radius 2 is 2.05 bits per heavy atom. The number of nitrogens with zero attached hydrogens (tertiary/aromatic N) is 2. The third-order valence-electron chi connectivity index (χ3n) is 2.61. The molecule has 1 aromatic heterocycles. The lowest BCUT2D eigenvalue weighted by Gasteiger charge is -2.09. The summed E-state index contributed by atoms with van der Waals surface area (Å²) in [6, 6.07) is 4.84. The van der Waals surface area contributed by atoms with Gasteiger partial charge in [-0.2, -0.15) is 18.3 Å². The van der Waals surface area contributed by atoms with Gasteiger partial charge in [-0.1, -0.05) is 22.0 Å². The predicted molar refractivity (Wildman–Crippen MR) is 66.9 cm³/mol. The highest BCUT2D eigenvalue weighted by atomic mass is 79.9. The van der Waals surface area contributed by atoms with E-state index in [2.05, 4.69) is 21.0 Å². The van der Waals surface area contributed by atoms with Gasteiger partial charge in [0.25, 0.3) is 0 Å². The molecular weight excluding hydrogens is 325 g/mol. The van der Waals surface area contributed by atoms with Crippen LogP contribution in [0.25, 0.3) is 5.69 Å². The first-order valence-electron chi connectivity index (χ1n) is 5.39. The second kappa shape index (κ2) is 4.97. The van der Waals surface area contributed by atoms with E-state index >= 15 is 0 Å². The van der Waals surface area contributed by atoms with Crippen LogP contribution in [0.1, 0.15) is 24.2 Å². The summed E-state index contributed by atoms with van der Waals surface area (Å²) in [6.45, 7) is 1.61. The zero-order valence-electron chi connectivity index (χ0n) is 9.82. The molecule has 0 aliphatic heterocycles. The van der Waals surface area contributed by atoms with Crippen molar-refractivity contribution in [3.8, 4) is 5.69 Å². The van der Waals surface area contributed by atoms with E-state index in [0.717, 1.165) is 17.1 Å². The number of hydrogen-bond acceptors (Lipinski definition) is 2. The fourth-order valence-electron chi connectivity index (χ4n) is 1.61. The van der Waals surface area contributed by atoms with Crippen LogP contribution in [-0.2, 0) is 6.18 Å². The summed E-state index contributed by atoms with van der Waals surface area (Å²) >= 11 is 3.27. The van der Waals surface area contributed by atoms with Crippen molar-refractivity contribution in [3.05, 3.63) is 46.2 Å². The highest BCUT2D eigenvalue weighted by molar-refractivity contribution is 9.10. The van der Waals surface area contributed by atoms with Crippen LogP contribution in [0.5, 0.6) is 0 Å². The van der Waals surface area contributed by atoms with Gasteiger partial charge in [0.05, 0.1) is 23.6 Å². The zero-order chi connectivity index (χ0) is 14.2. The maximum absolute atomic E-state index is 12.5. The monoisotopic (exact) mass is 334 g/mol. The van der Waals surface area contributed by atoms with Gasteiger partial charge in [-0.05, 0) is 24.6 Å². The molecule has 0 aliphatic carbocycles. The number of aliphatic hydroxyl groups excluding tert-OH is 1. The lowest BCUT2D eigenvalue weighted by Crippen LogP contribution is -2.03. The van der Waals surface area contributed by atoms with E-state index in [4.69, 9.17) is 0 Å². The third-order valence-corrected chi connectivity index (χ3v) is 3.30. The molecule has 2 aromatic rings. The van der Waals surface area contributed by atoms with Crippen molar-refractivity contribution in [3.63, 3.8) is 0 Å². The molecule has 0 fully saturated rings. The molecule has 102 valence electrons. The Hall–Kier alpha value is -1.34. The predicted octanol–water partition coefficient (Wildman–Crippen LogP) is 3.71. The topological polar surface area (TPSA) is 38.0 Å². The molecule has 2 rings (SSSR count). The van der Waals surface area contributed by atoms with Crippen LogP contribution in [0.3, 0.4) is 0 Å². The highest BCUT2D eigenvalue weighted by Crippen LogP contribution is 2.30. The van der Waals surface area contributed by atoms with Gasteiger partial charge in [-0.25, -0.2) is 4.68 Å². The number of aliphatic hydroxyl groups is 1. The number of hydrogen-bond donors (Lipinski definition) is 1. The van der Waals surface area contributed by atoms with Crippen molar-refractivity contribution < 1.29 is 18.3 Å². The van der Waals surface area contributed by atoms with Gasteiger partial charge in [0, 0.05) is 10.7 Å². The number of halogens is 4. The van der Waals surface area contributed by atoms with Crippen LogP contribution in [0, 0.1) is 0 Å². The molecule has 0 saturated carbocycles. The van der Waals surface area contributed by atoms with E-state index in [0.29, 0.717) is 15.7 Å². The molecule has 0 unspecified atom stereocenters. The Morgan fingerprint density at radius 1 is 1.37 bits per heavy atom. The summed E-state index contributed by atoms with van der Waals surface area (Å²) in [4.78, 5) is 0. The summed E-state index contributed by atoms with van der Waals surface area (Å²) < 4.78 is 39.2. The first kappa shape index (κ1) is 14.1. The Kier molecular flexibility index (Phi) is 3.69. The van der Waals surface area contributed by atoms with Crippen molar-refractivity contribution in [1.82, 2.24) is 9.78 Å². The van der Waals surface area contributed by atoms with E-state index in [9.17, 15) is 18.3 Å². The number of benzene rings is 1. The van der Waals surface area contributed by atoms with Gasteiger partial charge < -0.3 is 5.11 Å². The number of rotatable bonds is 2. The van der Waals surface area contributed by atoms with Crippen molar-refractivity contribution >= 4 is 15.9 Å². The molecule has 19 heavy (non-hydrogen) atoms. The van der Waals surface area contributed by atoms with Crippen molar-refractivity contribution in [1.29, 1.82) is 0 Å². The minimum atomic E-state index is -4.41. The number of alkyl halides is 3. The van der Waals surface area contributed by atoms with Gasteiger partial charge in [0.2, 0.25) is 0 Å². The average molecular weight is 335 g/mol. The third kappa shape index (κ3) is 2.98. The fraction of sp³-hybridized carbons (Fsp3) is 0.250. The van der Waals surface area contributed by atoms with Gasteiger partial charge in [0.1, 0.15) is 0 Å². The van der Waals surface area contributed by atoms with E-state index < -0.39 is 17.8 Å². The summed E-state index contributed by atoms with van der Waals surface area (Å²) in [7, 11) is 0. The molecule has 0 spiro atoms. The molecule has 1 atom stereocenters. The molecule has 7 heteroatoms. The van der Waals surface area contributed by atoms with E-state index in [1.807, 2.05) is 0 Å². The Labute approximate surface area is 115 Å². The smallest absolute Gasteiger partial charge is 0.389 e. The maximum atomic E-state index is 12.5. The van der Waals surface area contributed by atoms with Crippen molar-refractivity contribution in [2.75, 3.05) is 0 Å². The second-order valence-electron chi connectivity index (χ2n) is 4.05. The summed E-state index contributed by atoms with van der Waals surface area (Å²) in [5.41, 5.74) is 0.335. The van der Waals surface area contributed by atoms with Crippen LogP contribution in [0.15, 0.2) is 35.1 Å². The zero-order valence-corrected chi connectivity index (χ0v) is 11.4. The van der Waals surface area contributed by atoms with Crippen LogP contribution in [0.2, 0.25) is 0 Å². The molecule has 0 bridgehead atoms. The normalized spacial score (nSPS) is 13.6. The minimum absolute atomic E-state index is 0.478. The first-order chi connectivity index (χ1) is 8.79. The summed E-state index contributed by atoms with van der Waals surface area (Å²) in [6.07, 6.45) is -3.37. The van der Waals surface area contributed by atoms with E-state index in [1.165, 1.54) is 0 Å². The molecule has 0 saturated heterocycles. The van der Waals surface area contributed by atoms with Gasteiger partial charge in [-0.15, -0.1) is 0 Å². The van der Waals surface area contributed by atoms with Crippen molar-refractivity contribution in [2.45, 2.75) is 19.2 Å². The van der Waals surface area contributed by atoms with E-state index in [-0.39, 0.29) is 0 Å². The molecular formula is C12H10BrF3N2O. The first-order valence-corrected chi connectivity index (χ1v) is 6.18. The van der Waals surface area contributed by atoms with Crippen LogP contribution in [0.4, 0.5) is 13.2 Å². The van der Waals surface area contributed by atoms with E-state index in [1.54, 1.807) is 25.1 Å². The van der Waals surface area contributed by atoms with Crippen molar-refractivity contribution in [2.24, 2.45) is 0 Å². The molecule has 3 nitrogen and oxygen atoms in total. The molecule has 0 radical (unpaired) electrons. The standard InChI is InChI=1S/C12H10BrF3N2O/c1-7(19)10-3-2-9(4-11(10)13)18-6-8(5-17-18)12(14,15)16/h2-7,19H,1H3/t7-/m0/s1. The van der Waals surface area contributed by atoms with Crippen LogP contribution < -0.4 is 0 Å². The molecule has 1 N–H and O–H groups in total. The van der Waals surface area contributed by atoms with Gasteiger partial charge in [-0.3, -0.25) is 0 Å². The van der Waals surface area contributed by atoms with Crippen LogP contribution in [-0.4, -0.2) is 14.9 Å². The van der Waals surface area contributed by atoms with Gasteiger partial charge in [0.15, 0.2) is 0 Å². The largest absolute Gasteiger partial charge is 0.419 e. The average Bonchev–Trinajstić information content (AvgIpc) is 2.76. The number of aromatic nitrogens is 2. The summed E-state index contributed by atoms with van der Waals surface area (Å²) in [5.74, 6) is 0. The maximum Gasteiger partial charge on any atom is 0.419 e. The molecule has 0 amide bonds. The van der Waals surface area contributed by atoms with Crippen LogP contribution >= 0.6 is 15.9 Å². The second-order valence-corrected chi connectivity index (χ2v) is 4.91. The van der Waals surface area contributed by atoms with Gasteiger partial charge >= 0.3 is 6.18 Å². The Morgan fingerprint density at radius 3 is 2.53 bits per heavy atom. The quantitative estimate of drug-likeness (QED) is 0.909.